The van der Waals surface area contributed by atoms with Crippen LogP contribution in [0.15, 0.2) is 0 Å². The third kappa shape index (κ3) is 1.17. The first-order chi connectivity index (χ1) is 5.64. The summed E-state index contributed by atoms with van der Waals surface area (Å²) in [6.07, 6.45) is 2.45. The number of hydrogen-bond donors (Lipinski definition) is 1. The van der Waals surface area contributed by atoms with Crippen LogP contribution < -0.4 is 5.73 Å². The smallest absolute Gasteiger partial charge is 0.0468 e. The second-order valence-electron chi connectivity index (χ2n) is 4.82. The first-order valence-corrected chi connectivity index (χ1v) is 4.97. The molecular weight excluding hydrogens is 150 g/mol. The number of ether oxygens (including phenoxy) is 1. The number of nitrogens with two attached hydrogens (primary N) is 1. The second kappa shape index (κ2) is 2.71. The molecule has 2 fully saturated rings. The van der Waals surface area contributed by atoms with E-state index in [-0.39, 0.29) is 0 Å². The molecule has 1 aliphatic carbocycles. The molecule has 2 aliphatic rings. The van der Waals surface area contributed by atoms with Gasteiger partial charge in [-0.2, -0.15) is 0 Å². The molecule has 70 valence electrons. The van der Waals surface area contributed by atoms with Crippen LogP contribution in [0.5, 0.6) is 0 Å². The Bertz CT molecular complexity index is 173. The van der Waals surface area contributed by atoms with Crippen LogP contribution in [0.1, 0.15) is 26.7 Å². The van der Waals surface area contributed by atoms with Gasteiger partial charge >= 0.3 is 0 Å². The summed E-state index contributed by atoms with van der Waals surface area (Å²) in [4.78, 5) is 0. The van der Waals surface area contributed by atoms with Gasteiger partial charge in [0.2, 0.25) is 0 Å². The minimum Gasteiger partial charge on any atom is -0.381 e. The van der Waals surface area contributed by atoms with Crippen molar-refractivity contribution in [2.45, 2.75) is 32.7 Å². The van der Waals surface area contributed by atoms with E-state index in [0.717, 1.165) is 25.0 Å². The third-order valence-corrected chi connectivity index (χ3v) is 3.77. The first kappa shape index (κ1) is 8.52. The highest BCUT2D eigenvalue weighted by molar-refractivity contribution is 5.11. The Labute approximate surface area is 74.5 Å². The van der Waals surface area contributed by atoms with E-state index >= 15 is 0 Å². The predicted molar refractivity (Wildman–Crippen MR) is 48.8 cm³/mol. The van der Waals surface area contributed by atoms with Crippen LogP contribution in [-0.4, -0.2) is 19.3 Å². The largest absolute Gasteiger partial charge is 0.381 e. The van der Waals surface area contributed by atoms with E-state index in [0.29, 0.717) is 11.5 Å². The zero-order valence-electron chi connectivity index (χ0n) is 8.05. The maximum absolute atomic E-state index is 6.03. The summed E-state index contributed by atoms with van der Waals surface area (Å²) in [6.45, 7) is 6.48. The molecule has 1 saturated carbocycles. The number of hydrogen-bond acceptors (Lipinski definition) is 2. The molecule has 2 heteroatoms. The van der Waals surface area contributed by atoms with Crippen molar-refractivity contribution in [1.29, 1.82) is 0 Å². The normalized spacial score (nSPS) is 41.2. The summed E-state index contributed by atoms with van der Waals surface area (Å²) in [7, 11) is 0. The van der Waals surface area contributed by atoms with Gasteiger partial charge in [0, 0.05) is 19.3 Å². The lowest BCUT2D eigenvalue weighted by molar-refractivity contribution is 0.0557. The standard InChI is InChI=1S/C10H19NO/c1-10(2)8(9(10)11)7-3-5-12-6-4-7/h7-9H,3-6,11H2,1-2H3/t8-,9-/m1/s1. The van der Waals surface area contributed by atoms with Crippen molar-refractivity contribution in [3.63, 3.8) is 0 Å². The molecule has 2 rings (SSSR count). The molecule has 0 unspecified atom stereocenters. The van der Waals surface area contributed by atoms with Crippen molar-refractivity contribution in [3.05, 3.63) is 0 Å². The maximum Gasteiger partial charge on any atom is 0.0468 e. The van der Waals surface area contributed by atoms with Crippen molar-refractivity contribution in [1.82, 2.24) is 0 Å². The van der Waals surface area contributed by atoms with E-state index in [1.54, 1.807) is 0 Å². The van der Waals surface area contributed by atoms with Gasteiger partial charge in [-0.15, -0.1) is 0 Å². The van der Waals surface area contributed by atoms with Crippen molar-refractivity contribution < 1.29 is 4.74 Å². The highest BCUT2D eigenvalue weighted by Crippen LogP contribution is 2.56. The van der Waals surface area contributed by atoms with Gasteiger partial charge in [0.25, 0.3) is 0 Å². The van der Waals surface area contributed by atoms with Gasteiger partial charge in [0.15, 0.2) is 0 Å². The minimum absolute atomic E-state index is 0.405. The topological polar surface area (TPSA) is 35.2 Å². The molecule has 1 aliphatic heterocycles. The monoisotopic (exact) mass is 169 g/mol. The van der Waals surface area contributed by atoms with Gasteiger partial charge < -0.3 is 10.5 Å². The average Bonchev–Trinajstić information content (AvgIpc) is 2.53. The van der Waals surface area contributed by atoms with E-state index in [2.05, 4.69) is 13.8 Å². The molecule has 0 aromatic carbocycles. The van der Waals surface area contributed by atoms with Crippen molar-refractivity contribution in [2.75, 3.05) is 13.2 Å². The van der Waals surface area contributed by atoms with Crippen molar-refractivity contribution >= 4 is 0 Å². The van der Waals surface area contributed by atoms with Crippen molar-refractivity contribution in [3.8, 4) is 0 Å². The zero-order chi connectivity index (χ0) is 8.77. The molecule has 0 bridgehead atoms. The van der Waals surface area contributed by atoms with Gasteiger partial charge in [-0.1, -0.05) is 13.8 Å². The number of rotatable bonds is 1. The molecule has 1 heterocycles. The molecule has 2 atom stereocenters. The highest BCUT2D eigenvalue weighted by atomic mass is 16.5. The molecule has 12 heavy (non-hydrogen) atoms. The van der Waals surface area contributed by atoms with E-state index in [1.165, 1.54) is 12.8 Å². The third-order valence-electron chi connectivity index (χ3n) is 3.77. The zero-order valence-corrected chi connectivity index (χ0v) is 8.05. The quantitative estimate of drug-likeness (QED) is 0.644. The summed E-state index contributed by atoms with van der Waals surface area (Å²) in [5.74, 6) is 1.60. The van der Waals surface area contributed by atoms with Gasteiger partial charge in [-0.05, 0) is 30.1 Å². The lowest BCUT2D eigenvalue weighted by atomic mass is 9.90. The maximum atomic E-state index is 6.03. The van der Waals surface area contributed by atoms with E-state index in [1.807, 2.05) is 0 Å². The molecule has 1 saturated heterocycles. The lowest BCUT2D eigenvalue weighted by Gasteiger charge is -2.23. The predicted octanol–water partition coefficient (Wildman–Crippen LogP) is 1.40. The second-order valence-corrected chi connectivity index (χ2v) is 4.82. The molecule has 0 spiro atoms. The van der Waals surface area contributed by atoms with Crippen LogP contribution in [0.25, 0.3) is 0 Å². The average molecular weight is 169 g/mol. The first-order valence-electron chi connectivity index (χ1n) is 4.97. The SMILES string of the molecule is CC1(C)[C@H](N)[C@H]1C1CCOCC1. The van der Waals surface area contributed by atoms with Gasteiger partial charge in [-0.3, -0.25) is 0 Å². The Morgan fingerprint density at radius 3 is 2.17 bits per heavy atom. The Morgan fingerprint density at radius 2 is 1.75 bits per heavy atom. The lowest BCUT2D eigenvalue weighted by Crippen LogP contribution is -2.20. The fourth-order valence-electron chi connectivity index (χ4n) is 2.69. The Kier molecular flexibility index (Phi) is 1.92. The van der Waals surface area contributed by atoms with Crippen LogP contribution in [0, 0.1) is 17.3 Å². The van der Waals surface area contributed by atoms with Crippen LogP contribution in [0.2, 0.25) is 0 Å². The van der Waals surface area contributed by atoms with Gasteiger partial charge in [0.05, 0.1) is 0 Å². The van der Waals surface area contributed by atoms with Crippen LogP contribution in [0.3, 0.4) is 0 Å². The summed E-state index contributed by atoms with van der Waals surface area (Å²) in [5.41, 5.74) is 6.44. The highest BCUT2D eigenvalue weighted by Gasteiger charge is 2.58. The van der Waals surface area contributed by atoms with E-state index < -0.39 is 0 Å². The molecule has 0 aromatic rings. The Hall–Kier alpha value is -0.0800. The van der Waals surface area contributed by atoms with Crippen molar-refractivity contribution in [2.24, 2.45) is 23.0 Å². The molecule has 0 aromatic heterocycles. The summed E-state index contributed by atoms with van der Waals surface area (Å²) in [6, 6.07) is 0.445. The summed E-state index contributed by atoms with van der Waals surface area (Å²) < 4.78 is 5.34. The summed E-state index contributed by atoms with van der Waals surface area (Å²) >= 11 is 0. The molecule has 2 nitrogen and oxygen atoms in total. The molecule has 2 N–H and O–H groups in total. The van der Waals surface area contributed by atoms with Crippen LogP contribution >= 0.6 is 0 Å². The van der Waals surface area contributed by atoms with Gasteiger partial charge in [0.1, 0.15) is 0 Å². The molecule has 0 amide bonds. The molecule has 0 radical (unpaired) electrons. The fraction of sp³-hybridized carbons (Fsp3) is 1.00. The summed E-state index contributed by atoms with van der Waals surface area (Å²) in [5, 5.41) is 0. The Morgan fingerprint density at radius 1 is 1.25 bits per heavy atom. The molecular formula is C10H19NO. The van der Waals surface area contributed by atoms with Gasteiger partial charge in [-0.25, -0.2) is 0 Å². The van der Waals surface area contributed by atoms with E-state index in [4.69, 9.17) is 10.5 Å². The minimum atomic E-state index is 0.405. The Balaban J connectivity index is 1.93. The van der Waals surface area contributed by atoms with Crippen LogP contribution in [-0.2, 0) is 4.74 Å². The van der Waals surface area contributed by atoms with Crippen LogP contribution in [0.4, 0.5) is 0 Å². The fourth-order valence-corrected chi connectivity index (χ4v) is 2.69. The van der Waals surface area contributed by atoms with E-state index in [9.17, 15) is 0 Å².